The zero-order valence-electron chi connectivity index (χ0n) is 10.1. The van der Waals surface area contributed by atoms with E-state index in [2.05, 4.69) is 33.0 Å². The van der Waals surface area contributed by atoms with Crippen molar-refractivity contribution >= 4 is 0 Å². The van der Waals surface area contributed by atoms with Crippen LogP contribution in [0.2, 0.25) is 0 Å². The zero-order chi connectivity index (χ0) is 10.6. The van der Waals surface area contributed by atoms with Gasteiger partial charge in [0.05, 0.1) is 11.7 Å². The number of hydrogen-bond donors (Lipinski definition) is 1. The monoisotopic (exact) mass is 199 g/mol. The van der Waals surface area contributed by atoms with Crippen molar-refractivity contribution in [1.82, 2.24) is 5.32 Å². The fourth-order valence-electron chi connectivity index (χ4n) is 2.11. The number of hydrogen-bond acceptors (Lipinski definition) is 2. The summed E-state index contributed by atoms with van der Waals surface area (Å²) in [5, 5.41) is 3.58. The first kappa shape index (κ1) is 12.0. The average Bonchev–Trinajstić information content (AvgIpc) is 2.49. The molecule has 1 rings (SSSR count). The van der Waals surface area contributed by atoms with Crippen molar-refractivity contribution in [3.8, 4) is 0 Å². The van der Waals surface area contributed by atoms with Crippen LogP contribution in [-0.4, -0.2) is 24.3 Å². The van der Waals surface area contributed by atoms with Gasteiger partial charge in [0.1, 0.15) is 0 Å². The molecule has 1 aliphatic rings. The first-order valence-corrected chi connectivity index (χ1v) is 5.88. The van der Waals surface area contributed by atoms with E-state index in [0.717, 1.165) is 12.6 Å². The quantitative estimate of drug-likeness (QED) is 0.751. The summed E-state index contributed by atoms with van der Waals surface area (Å²) in [6.45, 7) is 9.46. The minimum atomic E-state index is -0.0171. The van der Waals surface area contributed by atoms with E-state index < -0.39 is 0 Å². The molecule has 1 N–H and O–H groups in total. The van der Waals surface area contributed by atoms with Crippen molar-refractivity contribution in [1.29, 1.82) is 0 Å². The molecule has 0 saturated heterocycles. The summed E-state index contributed by atoms with van der Waals surface area (Å²) in [7, 11) is 0. The Kier molecular flexibility index (Phi) is 4.39. The van der Waals surface area contributed by atoms with Gasteiger partial charge in [-0.3, -0.25) is 0 Å². The van der Waals surface area contributed by atoms with E-state index >= 15 is 0 Å². The zero-order valence-corrected chi connectivity index (χ0v) is 10.1. The van der Waals surface area contributed by atoms with Crippen molar-refractivity contribution in [2.75, 3.05) is 6.54 Å². The summed E-state index contributed by atoms with van der Waals surface area (Å²) >= 11 is 0. The van der Waals surface area contributed by atoms with Gasteiger partial charge in [-0.1, -0.05) is 12.8 Å². The van der Waals surface area contributed by atoms with Crippen molar-refractivity contribution < 1.29 is 4.74 Å². The summed E-state index contributed by atoms with van der Waals surface area (Å²) in [5.74, 6) is 0. The van der Waals surface area contributed by atoms with Gasteiger partial charge in [0.15, 0.2) is 0 Å². The van der Waals surface area contributed by atoms with Crippen LogP contribution in [-0.2, 0) is 4.74 Å². The third-order valence-electron chi connectivity index (χ3n) is 2.60. The highest BCUT2D eigenvalue weighted by Gasteiger charge is 2.18. The van der Waals surface area contributed by atoms with E-state index in [-0.39, 0.29) is 5.60 Å². The van der Waals surface area contributed by atoms with Gasteiger partial charge in [0, 0.05) is 12.6 Å². The van der Waals surface area contributed by atoms with Gasteiger partial charge in [0.2, 0.25) is 0 Å². The minimum absolute atomic E-state index is 0.0171. The van der Waals surface area contributed by atoms with Crippen LogP contribution in [0.5, 0.6) is 0 Å². The number of rotatable bonds is 4. The Morgan fingerprint density at radius 3 is 2.36 bits per heavy atom. The highest BCUT2D eigenvalue weighted by atomic mass is 16.5. The van der Waals surface area contributed by atoms with Gasteiger partial charge in [-0.25, -0.2) is 0 Å². The van der Waals surface area contributed by atoms with Crippen LogP contribution in [0.1, 0.15) is 53.4 Å². The van der Waals surface area contributed by atoms with Crippen molar-refractivity contribution in [2.45, 2.75) is 71.1 Å². The Balaban J connectivity index is 2.11. The molecule has 0 aromatic carbocycles. The van der Waals surface area contributed by atoms with E-state index in [1.54, 1.807) is 0 Å². The molecule has 0 aromatic rings. The maximum absolute atomic E-state index is 5.83. The maximum atomic E-state index is 5.83. The van der Waals surface area contributed by atoms with Gasteiger partial charge >= 0.3 is 0 Å². The second-order valence-corrected chi connectivity index (χ2v) is 5.43. The Labute approximate surface area is 88.4 Å². The van der Waals surface area contributed by atoms with Crippen molar-refractivity contribution in [3.63, 3.8) is 0 Å². The second kappa shape index (κ2) is 5.13. The smallest absolute Gasteiger partial charge is 0.0678 e. The standard InChI is InChI=1S/C12H25NO/c1-10(14-12(2,3)4)9-13-11-7-5-6-8-11/h10-11,13H,5-9H2,1-4H3. The first-order chi connectivity index (χ1) is 6.47. The number of nitrogens with one attached hydrogen (secondary N) is 1. The second-order valence-electron chi connectivity index (χ2n) is 5.43. The summed E-state index contributed by atoms with van der Waals surface area (Å²) in [5.41, 5.74) is -0.0171. The molecule has 14 heavy (non-hydrogen) atoms. The molecule has 2 heteroatoms. The lowest BCUT2D eigenvalue weighted by atomic mass is 10.2. The SMILES string of the molecule is CC(CNC1CCCC1)OC(C)(C)C. The summed E-state index contributed by atoms with van der Waals surface area (Å²) in [4.78, 5) is 0. The predicted octanol–water partition coefficient (Wildman–Crippen LogP) is 2.72. The van der Waals surface area contributed by atoms with Crippen LogP contribution in [0.15, 0.2) is 0 Å². The largest absolute Gasteiger partial charge is 0.372 e. The van der Waals surface area contributed by atoms with Gasteiger partial charge in [-0.15, -0.1) is 0 Å². The predicted molar refractivity (Wildman–Crippen MR) is 60.6 cm³/mol. The molecule has 1 saturated carbocycles. The maximum Gasteiger partial charge on any atom is 0.0678 e. The first-order valence-electron chi connectivity index (χ1n) is 5.88. The third-order valence-corrected chi connectivity index (χ3v) is 2.60. The summed E-state index contributed by atoms with van der Waals surface area (Å²) in [6, 6.07) is 0.751. The van der Waals surface area contributed by atoms with Crippen molar-refractivity contribution in [2.24, 2.45) is 0 Å². The lowest BCUT2D eigenvalue weighted by molar-refractivity contribution is -0.0506. The number of ether oxygens (including phenoxy) is 1. The molecule has 0 radical (unpaired) electrons. The molecule has 2 nitrogen and oxygen atoms in total. The van der Waals surface area contributed by atoms with Crippen LogP contribution in [0.4, 0.5) is 0 Å². The van der Waals surface area contributed by atoms with Gasteiger partial charge in [-0.2, -0.15) is 0 Å². The molecule has 1 unspecified atom stereocenters. The van der Waals surface area contributed by atoms with E-state index in [9.17, 15) is 0 Å². The van der Waals surface area contributed by atoms with Gasteiger partial charge < -0.3 is 10.1 Å². The fourth-order valence-corrected chi connectivity index (χ4v) is 2.11. The van der Waals surface area contributed by atoms with Gasteiger partial charge in [-0.05, 0) is 40.5 Å². The molecule has 1 fully saturated rings. The Hall–Kier alpha value is -0.0800. The topological polar surface area (TPSA) is 21.3 Å². The van der Waals surface area contributed by atoms with E-state index in [1.165, 1.54) is 25.7 Å². The van der Waals surface area contributed by atoms with Crippen LogP contribution in [0, 0.1) is 0 Å². The fraction of sp³-hybridized carbons (Fsp3) is 1.00. The Morgan fingerprint density at radius 2 is 1.86 bits per heavy atom. The Bertz CT molecular complexity index is 156. The molecule has 1 aliphatic carbocycles. The Morgan fingerprint density at radius 1 is 1.29 bits per heavy atom. The molecule has 0 amide bonds. The van der Waals surface area contributed by atoms with E-state index in [4.69, 9.17) is 4.74 Å². The highest BCUT2D eigenvalue weighted by molar-refractivity contribution is 4.75. The van der Waals surface area contributed by atoms with E-state index in [1.807, 2.05) is 0 Å². The van der Waals surface area contributed by atoms with Gasteiger partial charge in [0.25, 0.3) is 0 Å². The lowest BCUT2D eigenvalue weighted by Crippen LogP contribution is -2.37. The van der Waals surface area contributed by atoms with Crippen LogP contribution in [0.3, 0.4) is 0 Å². The molecular weight excluding hydrogens is 174 g/mol. The van der Waals surface area contributed by atoms with Crippen molar-refractivity contribution in [3.05, 3.63) is 0 Å². The summed E-state index contributed by atoms with van der Waals surface area (Å²) < 4.78 is 5.83. The summed E-state index contributed by atoms with van der Waals surface area (Å²) in [6.07, 6.45) is 5.80. The van der Waals surface area contributed by atoms with E-state index in [0.29, 0.717) is 6.10 Å². The molecule has 1 atom stereocenters. The average molecular weight is 199 g/mol. The molecule has 0 spiro atoms. The molecule has 0 bridgehead atoms. The molecule has 0 aromatic heterocycles. The lowest BCUT2D eigenvalue weighted by Gasteiger charge is -2.26. The van der Waals surface area contributed by atoms with Crippen LogP contribution >= 0.6 is 0 Å². The molecule has 0 aliphatic heterocycles. The highest BCUT2D eigenvalue weighted by Crippen LogP contribution is 2.18. The molecular formula is C12H25NO. The molecule has 0 heterocycles. The molecule has 84 valence electrons. The minimum Gasteiger partial charge on any atom is -0.372 e. The van der Waals surface area contributed by atoms with Crippen LogP contribution in [0.25, 0.3) is 0 Å². The third kappa shape index (κ3) is 4.97. The van der Waals surface area contributed by atoms with Crippen LogP contribution < -0.4 is 5.32 Å². The normalized spacial score (nSPS) is 21.4.